The van der Waals surface area contributed by atoms with Gasteiger partial charge in [0.05, 0.1) is 17.7 Å². The Bertz CT molecular complexity index is 379. The topological polar surface area (TPSA) is 65.2 Å². The fraction of sp³-hybridized carbons (Fsp3) is 0.455. The molecule has 2 N–H and O–H groups in total. The molecule has 2 rings (SSSR count). The lowest BCUT2D eigenvalue weighted by atomic mass is 9.84. The van der Waals surface area contributed by atoms with E-state index in [0.717, 1.165) is 24.1 Å². The van der Waals surface area contributed by atoms with E-state index in [-0.39, 0.29) is 17.9 Å². The van der Waals surface area contributed by atoms with Gasteiger partial charge >= 0.3 is 0 Å². The van der Waals surface area contributed by atoms with Gasteiger partial charge < -0.3 is 10.5 Å². The summed E-state index contributed by atoms with van der Waals surface area (Å²) in [5, 5.41) is 0. The van der Waals surface area contributed by atoms with Gasteiger partial charge in [-0.1, -0.05) is 6.07 Å². The number of hydrogen-bond acceptors (Lipinski definition) is 3. The maximum absolute atomic E-state index is 11.3. The number of methoxy groups -OCH3 is 1. The fourth-order valence-corrected chi connectivity index (χ4v) is 2.13. The van der Waals surface area contributed by atoms with Crippen LogP contribution in [0.1, 0.15) is 36.1 Å². The molecule has 2 unspecified atom stereocenters. The Morgan fingerprint density at radius 3 is 3.07 bits per heavy atom. The number of rotatable bonds is 2. The van der Waals surface area contributed by atoms with E-state index < -0.39 is 0 Å². The molecule has 0 saturated heterocycles. The van der Waals surface area contributed by atoms with E-state index >= 15 is 0 Å². The van der Waals surface area contributed by atoms with Crippen molar-refractivity contribution >= 4 is 5.91 Å². The molecule has 80 valence electrons. The van der Waals surface area contributed by atoms with Crippen molar-refractivity contribution in [2.75, 3.05) is 7.11 Å². The highest BCUT2D eigenvalue weighted by atomic mass is 16.5. The number of nitrogens with two attached hydrogens (primary N) is 1. The molecule has 1 aromatic heterocycles. The van der Waals surface area contributed by atoms with Crippen LogP contribution < -0.4 is 5.73 Å². The molecule has 1 heterocycles. The number of fused-ring (bicyclic) bond motifs is 1. The van der Waals surface area contributed by atoms with Crippen molar-refractivity contribution in [3.8, 4) is 0 Å². The molecule has 0 aliphatic heterocycles. The van der Waals surface area contributed by atoms with E-state index in [4.69, 9.17) is 10.5 Å². The van der Waals surface area contributed by atoms with Crippen molar-refractivity contribution in [2.24, 2.45) is 5.73 Å². The third-order valence-electron chi connectivity index (χ3n) is 2.89. The number of ether oxygens (including phenoxy) is 1. The van der Waals surface area contributed by atoms with Crippen LogP contribution in [-0.4, -0.2) is 18.0 Å². The Labute approximate surface area is 88.4 Å². The zero-order chi connectivity index (χ0) is 10.8. The SMILES string of the molecule is COC1CCC(C(N)=O)c2ncccc21. The largest absolute Gasteiger partial charge is 0.377 e. The van der Waals surface area contributed by atoms with Gasteiger partial charge in [0.25, 0.3) is 0 Å². The van der Waals surface area contributed by atoms with E-state index in [2.05, 4.69) is 4.98 Å². The minimum absolute atomic E-state index is 0.0456. The molecule has 4 heteroatoms. The summed E-state index contributed by atoms with van der Waals surface area (Å²) in [6.45, 7) is 0. The van der Waals surface area contributed by atoms with Crippen LogP contribution in [-0.2, 0) is 9.53 Å². The van der Waals surface area contributed by atoms with Crippen LogP contribution in [0.15, 0.2) is 18.3 Å². The van der Waals surface area contributed by atoms with E-state index in [1.54, 1.807) is 13.3 Å². The summed E-state index contributed by atoms with van der Waals surface area (Å²) in [5.74, 6) is -0.558. The molecule has 15 heavy (non-hydrogen) atoms. The number of primary amides is 1. The molecule has 1 aromatic rings. The molecule has 2 atom stereocenters. The Morgan fingerprint density at radius 2 is 2.40 bits per heavy atom. The molecule has 0 radical (unpaired) electrons. The number of hydrogen-bond donors (Lipinski definition) is 1. The molecule has 0 saturated carbocycles. The standard InChI is InChI=1S/C11H14N2O2/c1-15-9-5-4-8(11(12)14)10-7(9)3-2-6-13-10/h2-3,6,8-9H,4-5H2,1H3,(H2,12,14). The second-order valence-electron chi connectivity index (χ2n) is 3.73. The first-order valence-electron chi connectivity index (χ1n) is 5.01. The molecule has 0 aromatic carbocycles. The first kappa shape index (κ1) is 10.1. The van der Waals surface area contributed by atoms with Crippen LogP contribution in [0, 0.1) is 0 Å². The van der Waals surface area contributed by atoms with Gasteiger partial charge in [0.1, 0.15) is 0 Å². The quantitative estimate of drug-likeness (QED) is 0.788. The lowest BCUT2D eigenvalue weighted by molar-refractivity contribution is -0.120. The van der Waals surface area contributed by atoms with Crippen molar-refractivity contribution in [1.29, 1.82) is 0 Å². The summed E-state index contributed by atoms with van der Waals surface area (Å²) in [4.78, 5) is 15.5. The molecule has 0 spiro atoms. The van der Waals surface area contributed by atoms with Crippen molar-refractivity contribution in [1.82, 2.24) is 4.98 Å². The van der Waals surface area contributed by atoms with Crippen molar-refractivity contribution in [2.45, 2.75) is 24.9 Å². The highest BCUT2D eigenvalue weighted by Crippen LogP contribution is 2.37. The summed E-state index contributed by atoms with van der Waals surface area (Å²) >= 11 is 0. The first-order valence-corrected chi connectivity index (χ1v) is 5.01. The molecule has 0 bridgehead atoms. The van der Waals surface area contributed by atoms with E-state index in [0.29, 0.717) is 0 Å². The van der Waals surface area contributed by atoms with Crippen LogP contribution in [0.2, 0.25) is 0 Å². The zero-order valence-corrected chi connectivity index (χ0v) is 8.64. The molecule has 1 aliphatic rings. The summed E-state index contributed by atoms with van der Waals surface area (Å²) < 4.78 is 5.35. The van der Waals surface area contributed by atoms with Crippen molar-refractivity contribution in [3.63, 3.8) is 0 Å². The first-order chi connectivity index (χ1) is 7.24. The Balaban J connectivity index is 2.43. The summed E-state index contributed by atoms with van der Waals surface area (Å²) in [7, 11) is 1.67. The Kier molecular flexibility index (Phi) is 2.68. The highest BCUT2D eigenvalue weighted by molar-refractivity contribution is 5.82. The van der Waals surface area contributed by atoms with Gasteiger partial charge in [0.2, 0.25) is 5.91 Å². The maximum Gasteiger partial charge on any atom is 0.226 e. The van der Waals surface area contributed by atoms with Gasteiger partial charge in [-0.3, -0.25) is 9.78 Å². The van der Waals surface area contributed by atoms with Gasteiger partial charge in [-0.15, -0.1) is 0 Å². The van der Waals surface area contributed by atoms with Crippen molar-refractivity contribution < 1.29 is 9.53 Å². The van der Waals surface area contributed by atoms with Gasteiger partial charge in [0, 0.05) is 18.9 Å². The Morgan fingerprint density at radius 1 is 1.60 bits per heavy atom. The van der Waals surface area contributed by atoms with E-state index in [9.17, 15) is 4.79 Å². The fourth-order valence-electron chi connectivity index (χ4n) is 2.13. The second kappa shape index (κ2) is 3.98. The number of aromatic nitrogens is 1. The van der Waals surface area contributed by atoms with Crippen molar-refractivity contribution in [3.05, 3.63) is 29.6 Å². The summed E-state index contributed by atoms with van der Waals surface area (Å²) in [5.41, 5.74) is 7.13. The third-order valence-corrected chi connectivity index (χ3v) is 2.89. The smallest absolute Gasteiger partial charge is 0.226 e. The predicted octanol–water partition coefficient (Wildman–Crippen LogP) is 1.13. The average Bonchev–Trinajstić information content (AvgIpc) is 2.27. The summed E-state index contributed by atoms with van der Waals surface area (Å²) in [6, 6.07) is 3.81. The molecule has 1 aliphatic carbocycles. The second-order valence-corrected chi connectivity index (χ2v) is 3.73. The maximum atomic E-state index is 11.3. The lowest BCUT2D eigenvalue weighted by Gasteiger charge is -2.27. The minimum Gasteiger partial charge on any atom is -0.377 e. The highest BCUT2D eigenvalue weighted by Gasteiger charge is 2.31. The number of carbonyl (C=O) groups excluding carboxylic acids is 1. The normalized spacial score (nSPS) is 24.6. The number of carbonyl (C=O) groups is 1. The zero-order valence-electron chi connectivity index (χ0n) is 8.64. The minimum atomic E-state index is -0.301. The monoisotopic (exact) mass is 206 g/mol. The predicted molar refractivity (Wildman–Crippen MR) is 55.2 cm³/mol. The van der Waals surface area contributed by atoms with Crippen LogP contribution >= 0.6 is 0 Å². The van der Waals surface area contributed by atoms with Gasteiger partial charge in [-0.05, 0) is 18.9 Å². The lowest BCUT2D eigenvalue weighted by Crippen LogP contribution is -2.27. The van der Waals surface area contributed by atoms with Crippen LogP contribution in [0.25, 0.3) is 0 Å². The van der Waals surface area contributed by atoms with E-state index in [1.165, 1.54) is 0 Å². The van der Waals surface area contributed by atoms with Crippen LogP contribution in [0.3, 0.4) is 0 Å². The van der Waals surface area contributed by atoms with Crippen LogP contribution in [0.5, 0.6) is 0 Å². The molecular formula is C11H14N2O2. The molecule has 4 nitrogen and oxygen atoms in total. The number of nitrogens with zero attached hydrogens (tertiary/aromatic N) is 1. The molecule has 1 amide bonds. The van der Waals surface area contributed by atoms with E-state index in [1.807, 2.05) is 12.1 Å². The number of amides is 1. The Hall–Kier alpha value is -1.42. The number of pyridine rings is 1. The van der Waals surface area contributed by atoms with Gasteiger partial charge in [-0.2, -0.15) is 0 Å². The van der Waals surface area contributed by atoms with Crippen LogP contribution in [0.4, 0.5) is 0 Å². The third kappa shape index (κ3) is 1.72. The van der Waals surface area contributed by atoms with Gasteiger partial charge in [0.15, 0.2) is 0 Å². The van der Waals surface area contributed by atoms with Gasteiger partial charge in [-0.25, -0.2) is 0 Å². The molecule has 0 fully saturated rings. The molecular weight excluding hydrogens is 192 g/mol. The average molecular weight is 206 g/mol. The summed E-state index contributed by atoms with van der Waals surface area (Å²) in [6.07, 6.45) is 3.28.